The number of hydrogen-bond donors (Lipinski definition) is 0. The normalized spacial score (nSPS) is 15.2. The third-order valence-electron chi connectivity index (χ3n) is 4.61. The van der Waals surface area contributed by atoms with E-state index in [1.54, 1.807) is 11.3 Å². The van der Waals surface area contributed by atoms with Gasteiger partial charge in [0.25, 0.3) is 5.91 Å². The van der Waals surface area contributed by atoms with E-state index in [2.05, 4.69) is 40.5 Å². The van der Waals surface area contributed by atoms with Crippen LogP contribution in [0.15, 0.2) is 12.1 Å². The monoisotopic (exact) mass is 373 g/mol. The fraction of sp³-hybridized carbons (Fsp3) is 0.412. The Morgan fingerprint density at radius 1 is 1.08 bits per heavy atom. The molecule has 3 aromatic rings. The van der Waals surface area contributed by atoms with Crippen LogP contribution >= 0.6 is 22.9 Å². The van der Waals surface area contributed by atoms with E-state index in [0.29, 0.717) is 18.0 Å². The summed E-state index contributed by atoms with van der Waals surface area (Å²) in [6, 6.07) is 4.28. The van der Waals surface area contributed by atoms with Crippen LogP contribution in [0, 0.1) is 20.8 Å². The molecule has 0 unspecified atom stereocenters. The van der Waals surface area contributed by atoms with Crippen LogP contribution in [0.4, 0.5) is 5.13 Å². The Balaban J connectivity index is 1.51. The first kappa shape index (κ1) is 16.4. The number of aromatic nitrogens is 3. The van der Waals surface area contributed by atoms with Crippen molar-refractivity contribution in [1.29, 1.82) is 0 Å². The van der Waals surface area contributed by atoms with Crippen LogP contribution in [-0.2, 0) is 0 Å². The lowest BCUT2D eigenvalue weighted by Crippen LogP contribution is -2.48. The lowest BCUT2D eigenvalue weighted by molar-refractivity contribution is 0.0750. The molecule has 0 saturated carbocycles. The summed E-state index contributed by atoms with van der Waals surface area (Å²) in [6.07, 6.45) is 0. The first-order valence-corrected chi connectivity index (χ1v) is 9.83. The fourth-order valence-corrected chi connectivity index (χ4v) is 4.84. The Morgan fingerprint density at radius 3 is 2.44 bits per heavy atom. The van der Waals surface area contributed by atoms with Crippen molar-refractivity contribution >= 4 is 44.1 Å². The number of fused-ring (bicyclic) bond motifs is 1. The summed E-state index contributed by atoms with van der Waals surface area (Å²) in [7, 11) is 0. The van der Waals surface area contributed by atoms with Gasteiger partial charge in [0.1, 0.15) is 4.88 Å². The highest BCUT2D eigenvalue weighted by molar-refractivity contribution is 7.22. The van der Waals surface area contributed by atoms with Gasteiger partial charge in [0.05, 0.1) is 15.9 Å². The third kappa shape index (κ3) is 2.89. The van der Waals surface area contributed by atoms with E-state index < -0.39 is 0 Å². The zero-order valence-corrected chi connectivity index (χ0v) is 16.1. The Labute approximate surface area is 154 Å². The molecular formula is C17H19N5OS2. The van der Waals surface area contributed by atoms with Gasteiger partial charge in [-0.15, -0.1) is 5.10 Å². The number of hydrogen-bond acceptors (Lipinski definition) is 7. The minimum Gasteiger partial charge on any atom is -0.345 e. The van der Waals surface area contributed by atoms with E-state index >= 15 is 0 Å². The van der Waals surface area contributed by atoms with Gasteiger partial charge in [0.2, 0.25) is 0 Å². The molecule has 0 radical (unpaired) electrons. The van der Waals surface area contributed by atoms with Gasteiger partial charge in [-0.25, -0.2) is 4.98 Å². The molecule has 0 N–H and O–H groups in total. The van der Waals surface area contributed by atoms with Crippen LogP contribution in [0.25, 0.3) is 10.2 Å². The molecule has 1 aliphatic rings. The number of carbonyl (C=O) groups is 1. The number of rotatable bonds is 2. The highest BCUT2D eigenvalue weighted by Gasteiger charge is 2.26. The summed E-state index contributed by atoms with van der Waals surface area (Å²) in [5.74, 6) is 0.0446. The molecule has 1 aromatic carbocycles. The van der Waals surface area contributed by atoms with Crippen LogP contribution in [0.5, 0.6) is 0 Å². The molecule has 1 aliphatic heterocycles. The third-order valence-corrected chi connectivity index (χ3v) is 6.68. The second kappa shape index (κ2) is 6.34. The maximum atomic E-state index is 12.6. The highest BCUT2D eigenvalue weighted by Crippen LogP contribution is 2.33. The number of aryl methyl sites for hydroxylation is 3. The van der Waals surface area contributed by atoms with Gasteiger partial charge < -0.3 is 9.80 Å². The number of nitrogens with zero attached hydrogens (tertiary/aromatic N) is 5. The SMILES string of the molecule is Cc1nnsc1C(=O)N1CCN(c2nc3c(C)ccc(C)c3s2)CC1. The Kier molecular flexibility index (Phi) is 4.16. The van der Waals surface area contributed by atoms with E-state index in [0.717, 1.165) is 29.4 Å². The van der Waals surface area contributed by atoms with Crippen LogP contribution in [0.1, 0.15) is 26.5 Å². The van der Waals surface area contributed by atoms with E-state index in [4.69, 9.17) is 4.98 Å². The van der Waals surface area contributed by atoms with Gasteiger partial charge in [0, 0.05) is 26.2 Å². The zero-order valence-electron chi connectivity index (χ0n) is 14.4. The largest absolute Gasteiger partial charge is 0.345 e. The quantitative estimate of drug-likeness (QED) is 0.691. The van der Waals surface area contributed by atoms with Crippen molar-refractivity contribution in [2.75, 3.05) is 31.1 Å². The van der Waals surface area contributed by atoms with Crippen molar-refractivity contribution in [2.45, 2.75) is 20.8 Å². The van der Waals surface area contributed by atoms with Gasteiger partial charge in [-0.05, 0) is 43.4 Å². The molecule has 1 amide bonds. The molecule has 4 rings (SSSR count). The lowest BCUT2D eigenvalue weighted by atomic mass is 10.1. The summed E-state index contributed by atoms with van der Waals surface area (Å²) in [5.41, 5.74) is 4.30. The molecule has 8 heteroatoms. The second-order valence-electron chi connectivity index (χ2n) is 6.34. The molecule has 0 aliphatic carbocycles. The predicted molar refractivity (Wildman–Crippen MR) is 102 cm³/mol. The second-order valence-corrected chi connectivity index (χ2v) is 8.07. The van der Waals surface area contributed by atoms with Crippen LogP contribution in [0.2, 0.25) is 0 Å². The van der Waals surface area contributed by atoms with Crippen molar-refractivity contribution in [3.63, 3.8) is 0 Å². The molecule has 6 nitrogen and oxygen atoms in total. The number of amides is 1. The molecule has 3 heterocycles. The van der Waals surface area contributed by atoms with E-state index in [-0.39, 0.29) is 5.91 Å². The molecule has 25 heavy (non-hydrogen) atoms. The van der Waals surface area contributed by atoms with Gasteiger partial charge in [-0.2, -0.15) is 0 Å². The number of carbonyl (C=O) groups excluding carboxylic acids is 1. The Bertz CT molecular complexity index is 901. The molecule has 130 valence electrons. The van der Waals surface area contributed by atoms with Crippen molar-refractivity contribution in [1.82, 2.24) is 19.5 Å². The predicted octanol–water partition coefficient (Wildman–Crippen LogP) is 3.04. The van der Waals surface area contributed by atoms with Crippen LogP contribution in [-0.4, -0.2) is 51.6 Å². The first-order valence-electron chi connectivity index (χ1n) is 8.24. The summed E-state index contributed by atoms with van der Waals surface area (Å²) in [4.78, 5) is 22.3. The maximum absolute atomic E-state index is 12.6. The molecule has 1 saturated heterocycles. The zero-order chi connectivity index (χ0) is 17.6. The smallest absolute Gasteiger partial charge is 0.267 e. The van der Waals surface area contributed by atoms with E-state index in [9.17, 15) is 4.79 Å². The summed E-state index contributed by atoms with van der Waals surface area (Å²) < 4.78 is 5.13. The van der Waals surface area contributed by atoms with Gasteiger partial charge >= 0.3 is 0 Å². The molecule has 2 aromatic heterocycles. The van der Waals surface area contributed by atoms with Crippen LogP contribution < -0.4 is 4.90 Å². The topological polar surface area (TPSA) is 62.2 Å². The van der Waals surface area contributed by atoms with Gasteiger partial charge in [0.15, 0.2) is 5.13 Å². The molecule has 0 spiro atoms. The summed E-state index contributed by atoms with van der Waals surface area (Å²) in [5, 5.41) is 4.99. The van der Waals surface area contributed by atoms with Crippen LogP contribution in [0.3, 0.4) is 0 Å². The van der Waals surface area contributed by atoms with Gasteiger partial charge in [-0.3, -0.25) is 4.79 Å². The molecule has 0 atom stereocenters. The number of benzene rings is 1. The van der Waals surface area contributed by atoms with Crippen molar-refractivity contribution in [3.8, 4) is 0 Å². The van der Waals surface area contributed by atoms with E-state index in [1.807, 2.05) is 11.8 Å². The number of anilines is 1. The maximum Gasteiger partial charge on any atom is 0.267 e. The average molecular weight is 374 g/mol. The summed E-state index contributed by atoms with van der Waals surface area (Å²) >= 11 is 2.93. The molecular weight excluding hydrogens is 354 g/mol. The van der Waals surface area contributed by atoms with Crippen molar-refractivity contribution in [2.24, 2.45) is 0 Å². The number of thiazole rings is 1. The Morgan fingerprint density at radius 2 is 1.80 bits per heavy atom. The van der Waals surface area contributed by atoms with Crippen molar-refractivity contribution in [3.05, 3.63) is 33.8 Å². The van der Waals surface area contributed by atoms with Gasteiger partial charge in [-0.1, -0.05) is 28.0 Å². The minimum atomic E-state index is 0.0446. The lowest BCUT2D eigenvalue weighted by Gasteiger charge is -2.34. The Hall–Kier alpha value is -2.06. The molecule has 1 fully saturated rings. The van der Waals surface area contributed by atoms with E-state index in [1.165, 1.54) is 27.4 Å². The van der Waals surface area contributed by atoms with Crippen molar-refractivity contribution < 1.29 is 4.79 Å². The number of piperazine rings is 1. The summed E-state index contributed by atoms with van der Waals surface area (Å²) in [6.45, 7) is 9.07. The standard InChI is InChI=1S/C17H19N5OS2/c1-10-4-5-11(2)14-13(10)18-17(24-14)22-8-6-21(7-9-22)16(23)15-12(3)19-20-25-15/h4-5H,6-9H2,1-3H3. The highest BCUT2D eigenvalue weighted by atomic mass is 32.1. The fourth-order valence-electron chi connectivity index (χ4n) is 3.06. The minimum absolute atomic E-state index is 0.0446. The molecule has 0 bridgehead atoms. The first-order chi connectivity index (χ1) is 12.0. The average Bonchev–Trinajstić information content (AvgIpc) is 3.25.